The van der Waals surface area contributed by atoms with E-state index in [-0.39, 0.29) is 0 Å². The second-order valence-corrected chi connectivity index (χ2v) is 3.25. The normalized spacial score (nSPS) is 13.5. The summed E-state index contributed by atoms with van der Waals surface area (Å²) in [6.07, 6.45) is 1.96. The molecule has 0 amide bonds. The number of rotatable bonds is 3. The van der Waals surface area contributed by atoms with Gasteiger partial charge in [-0.15, -0.1) is 0 Å². The van der Waals surface area contributed by atoms with Gasteiger partial charge in [0.15, 0.2) is 0 Å². The van der Waals surface area contributed by atoms with E-state index in [0.717, 1.165) is 11.0 Å². The Labute approximate surface area is 81.0 Å². The first-order valence-corrected chi connectivity index (χ1v) is 4.69. The fraction of sp³-hybridized carbons (Fsp3) is 0.375. The van der Waals surface area contributed by atoms with Gasteiger partial charge in [0.25, 0.3) is 0 Å². The van der Waals surface area contributed by atoms with E-state index in [1.807, 2.05) is 19.9 Å². The summed E-state index contributed by atoms with van der Waals surface area (Å²) in [4.78, 5) is 3.96. The van der Waals surface area contributed by atoms with Gasteiger partial charge in [-0.3, -0.25) is 0 Å². The fourth-order valence-corrected chi connectivity index (χ4v) is 0.914. The van der Waals surface area contributed by atoms with Gasteiger partial charge in [0.2, 0.25) is 0 Å². The third kappa shape index (κ3) is 6.32. The van der Waals surface area contributed by atoms with E-state index < -0.39 is 0 Å². The monoisotopic (exact) mass is 235 g/mol. The molecule has 0 radical (unpaired) electrons. The first-order valence-electron chi connectivity index (χ1n) is 3.19. The van der Waals surface area contributed by atoms with Crippen LogP contribution in [0.5, 0.6) is 0 Å². The number of aliphatic imine (C=N–C) groups is 1. The maximum Gasteiger partial charge on any atom is 0.122 e. The molecule has 0 saturated heterocycles. The van der Waals surface area contributed by atoms with Gasteiger partial charge < -0.3 is 0 Å². The molecule has 0 aliphatic rings. The lowest BCUT2D eigenvalue weighted by Gasteiger charge is -1.93. The minimum absolute atomic E-state index is 0.320. The Morgan fingerprint density at radius 1 is 1.64 bits per heavy atom. The predicted molar refractivity (Wildman–Crippen MR) is 55.7 cm³/mol. The number of hydrogen-bond acceptors (Lipinski definition) is 1. The molecule has 0 aromatic rings. The molecule has 0 N–H and O–H groups in total. The first kappa shape index (κ1) is 10.9. The third-order valence-corrected chi connectivity index (χ3v) is 1.93. The molecule has 0 aromatic heterocycles. The van der Waals surface area contributed by atoms with E-state index >= 15 is 0 Å². The highest BCUT2D eigenvalue weighted by molar-refractivity contribution is 9.09. The Morgan fingerprint density at radius 3 is 2.55 bits per heavy atom. The topological polar surface area (TPSA) is 12.4 Å². The van der Waals surface area contributed by atoms with Gasteiger partial charge in [-0.2, -0.15) is 0 Å². The highest BCUT2D eigenvalue weighted by Crippen LogP contribution is 2.02. The SMILES string of the molecule is C=C(Cl)/N=C(C)/C=C(\C)CBr. The number of nitrogens with zero attached hydrogens (tertiary/aromatic N) is 1. The van der Waals surface area contributed by atoms with Crippen molar-refractivity contribution in [1.82, 2.24) is 0 Å². The van der Waals surface area contributed by atoms with E-state index in [4.69, 9.17) is 11.6 Å². The van der Waals surface area contributed by atoms with E-state index in [9.17, 15) is 0 Å². The quantitative estimate of drug-likeness (QED) is 0.404. The summed E-state index contributed by atoms with van der Waals surface area (Å²) in [5.74, 6) is 0. The molecular formula is C8H11BrClN. The Balaban J connectivity index is 4.26. The molecule has 0 heterocycles. The van der Waals surface area contributed by atoms with Crippen molar-refractivity contribution in [1.29, 1.82) is 0 Å². The van der Waals surface area contributed by atoms with Crippen LogP contribution in [0.25, 0.3) is 0 Å². The van der Waals surface area contributed by atoms with E-state index in [2.05, 4.69) is 27.5 Å². The molecule has 0 aromatic carbocycles. The zero-order valence-corrected chi connectivity index (χ0v) is 9.04. The van der Waals surface area contributed by atoms with Crippen LogP contribution >= 0.6 is 27.5 Å². The summed E-state index contributed by atoms with van der Waals surface area (Å²) in [5.41, 5.74) is 2.09. The molecule has 0 rings (SSSR count). The summed E-state index contributed by atoms with van der Waals surface area (Å²) in [7, 11) is 0. The van der Waals surface area contributed by atoms with Crippen molar-refractivity contribution < 1.29 is 0 Å². The molecule has 1 nitrogen and oxygen atoms in total. The minimum atomic E-state index is 0.320. The van der Waals surface area contributed by atoms with Gasteiger partial charge in [-0.25, -0.2) is 4.99 Å². The molecule has 62 valence electrons. The number of halogens is 2. The molecule has 0 unspecified atom stereocenters. The summed E-state index contributed by atoms with van der Waals surface area (Å²) in [6.45, 7) is 7.37. The van der Waals surface area contributed by atoms with Crippen molar-refractivity contribution in [2.24, 2.45) is 4.99 Å². The molecule has 11 heavy (non-hydrogen) atoms. The lowest BCUT2D eigenvalue weighted by Crippen LogP contribution is -1.87. The molecule has 3 heteroatoms. The van der Waals surface area contributed by atoms with Crippen LogP contribution < -0.4 is 0 Å². The Bertz CT molecular complexity index is 206. The van der Waals surface area contributed by atoms with Crippen molar-refractivity contribution in [3.63, 3.8) is 0 Å². The second-order valence-electron chi connectivity index (χ2n) is 2.25. The zero-order chi connectivity index (χ0) is 8.85. The largest absolute Gasteiger partial charge is 0.242 e. The third-order valence-electron chi connectivity index (χ3n) is 0.964. The van der Waals surface area contributed by atoms with Crippen molar-refractivity contribution >= 4 is 33.2 Å². The van der Waals surface area contributed by atoms with Gasteiger partial charge in [0, 0.05) is 11.0 Å². The van der Waals surface area contributed by atoms with Crippen LogP contribution in [0.15, 0.2) is 28.4 Å². The molecular weight excluding hydrogens is 225 g/mol. The van der Waals surface area contributed by atoms with E-state index in [0.29, 0.717) is 5.16 Å². The van der Waals surface area contributed by atoms with Crippen LogP contribution in [0.2, 0.25) is 0 Å². The molecule has 0 aliphatic carbocycles. The van der Waals surface area contributed by atoms with Crippen LogP contribution in [0.4, 0.5) is 0 Å². The average molecular weight is 237 g/mol. The van der Waals surface area contributed by atoms with Gasteiger partial charge in [-0.1, -0.05) is 39.7 Å². The standard InChI is InChI=1S/C8H11BrClN/c1-6(5-9)4-7(2)11-8(3)10/h4H,3,5H2,1-2H3/b6-4+,11-7+. The maximum atomic E-state index is 5.48. The number of hydrogen-bond donors (Lipinski definition) is 0. The van der Waals surface area contributed by atoms with Crippen LogP contribution in [0.1, 0.15) is 13.8 Å². The molecule has 0 spiro atoms. The van der Waals surface area contributed by atoms with Gasteiger partial charge >= 0.3 is 0 Å². The first-order chi connectivity index (χ1) is 5.06. The Hall–Kier alpha value is -0.0800. The lowest BCUT2D eigenvalue weighted by molar-refractivity contribution is 1.41. The lowest BCUT2D eigenvalue weighted by atomic mass is 10.2. The van der Waals surface area contributed by atoms with Gasteiger partial charge in [0.1, 0.15) is 5.16 Å². The highest BCUT2D eigenvalue weighted by Gasteiger charge is 1.88. The van der Waals surface area contributed by atoms with Gasteiger partial charge in [-0.05, 0) is 19.9 Å². The Kier molecular flexibility index (Phi) is 5.51. The summed E-state index contributed by atoms with van der Waals surface area (Å²) in [5, 5.41) is 1.18. The molecule has 0 aliphatic heterocycles. The molecule has 0 atom stereocenters. The van der Waals surface area contributed by atoms with Gasteiger partial charge in [0.05, 0.1) is 0 Å². The van der Waals surface area contributed by atoms with Crippen molar-refractivity contribution in [3.05, 3.63) is 23.4 Å². The molecule has 0 bridgehead atoms. The van der Waals surface area contributed by atoms with Crippen molar-refractivity contribution in [2.45, 2.75) is 13.8 Å². The summed E-state index contributed by atoms with van der Waals surface area (Å²) in [6, 6.07) is 0. The van der Waals surface area contributed by atoms with Crippen LogP contribution in [-0.4, -0.2) is 11.0 Å². The van der Waals surface area contributed by atoms with E-state index in [1.54, 1.807) is 0 Å². The van der Waals surface area contributed by atoms with Crippen molar-refractivity contribution in [3.8, 4) is 0 Å². The fourth-order valence-electron chi connectivity index (χ4n) is 0.619. The summed E-state index contributed by atoms with van der Waals surface area (Å²) >= 11 is 8.81. The number of allylic oxidation sites excluding steroid dienone is 2. The highest BCUT2D eigenvalue weighted by atomic mass is 79.9. The average Bonchev–Trinajstić information content (AvgIpc) is 1.85. The van der Waals surface area contributed by atoms with Crippen LogP contribution in [0.3, 0.4) is 0 Å². The second kappa shape index (κ2) is 5.56. The molecule has 0 saturated carbocycles. The van der Waals surface area contributed by atoms with Crippen molar-refractivity contribution in [2.75, 3.05) is 5.33 Å². The van der Waals surface area contributed by atoms with Crippen LogP contribution in [-0.2, 0) is 0 Å². The number of alkyl halides is 1. The zero-order valence-electron chi connectivity index (χ0n) is 6.69. The maximum absolute atomic E-state index is 5.48. The molecule has 0 fully saturated rings. The minimum Gasteiger partial charge on any atom is -0.242 e. The predicted octanol–water partition coefficient (Wildman–Crippen LogP) is 3.50. The van der Waals surface area contributed by atoms with E-state index in [1.165, 1.54) is 5.57 Å². The Morgan fingerprint density at radius 2 is 2.18 bits per heavy atom. The van der Waals surface area contributed by atoms with Crippen LogP contribution in [0, 0.1) is 0 Å². The smallest absolute Gasteiger partial charge is 0.122 e. The summed E-state index contributed by atoms with van der Waals surface area (Å²) < 4.78 is 0.